The van der Waals surface area contributed by atoms with E-state index >= 15 is 0 Å². The summed E-state index contributed by atoms with van der Waals surface area (Å²) in [6.45, 7) is 3.45. The average Bonchev–Trinajstić information content (AvgIpc) is 2.95. The first-order valence-electron chi connectivity index (χ1n) is 8.90. The third kappa shape index (κ3) is 2.83. The van der Waals surface area contributed by atoms with Crippen LogP contribution in [0.3, 0.4) is 0 Å². The quantitative estimate of drug-likeness (QED) is 0.342. The number of non-ortho nitro benzene ring substituents is 1. The van der Waals surface area contributed by atoms with Crippen molar-refractivity contribution in [2.24, 2.45) is 5.41 Å². The highest BCUT2D eigenvalue weighted by Gasteiger charge is 2.58. The van der Waals surface area contributed by atoms with Gasteiger partial charge in [0, 0.05) is 17.7 Å². The van der Waals surface area contributed by atoms with Crippen molar-refractivity contribution in [2.45, 2.75) is 26.7 Å². The van der Waals surface area contributed by atoms with E-state index in [4.69, 9.17) is 0 Å². The first-order valence-corrected chi connectivity index (χ1v) is 8.90. The van der Waals surface area contributed by atoms with E-state index in [1.807, 2.05) is 0 Å². The molecule has 8 nitrogen and oxygen atoms in total. The van der Waals surface area contributed by atoms with E-state index in [1.165, 1.54) is 18.2 Å². The molecule has 0 aliphatic carbocycles. The lowest BCUT2D eigenvalue weighted by Gasteiger charge is -2.25. The number of amides is 3. The number of carbonyl (C=O) groups is 3. The molecule has 0 atom stereocenters. The number of para-hydroxylation sites is 1. The van der Waals surface area contributed by atoms with Crippen LogP contribution in [-0.4, -0.2) is 27.7 Å². The molecule has 144 valence electrons. The fourth-order valence-electron chi connectivity index (χ4n) is 3.39. The van der Waals surface area contributed by atoms with Gasteiger partial charge in [-0.05, 0) is 31.0 Å². The highest BCUT2D eigenvalue weighted by atomic mass is 16.6. The minimum atomic E-state index is -1.34. The van der Waals surface area contributed by atoms with E-state index < -0.39 is 28.1 Å². The van der Waals surface area contributed by atoms with Crippen LogP contribution in [0.2, 0.25) is 0 Å². The summed E-state index contributed by atoms with van der Waals surface area (Å²) in [4.78, 5) is 50.0. The summed E-state index contributed by atoms with van der Waals surface area (Å²) >= 11 is 0. The third-order valence-electron chi connectivity index (χ3n) is 5.11. The number of rotatable bonds is 5. The largest absolute Gasteiger partial charge is 0.280 e. The number of hydrogen-bond donors (Lipinski definition) is 0. The second-order valence-corrected chi connectivity index (χ2v) is 6.47. The molecule has 1 heterocycles. The van der Waals surface area contributed by atoms with Gasteiger partial charge in [0.05, 0.1) is 10.6 Å². The number of hydrazine groups is 1. The summed E-state index contributed by atoms with van der Waals surface area (Å²) in [6, 6.07) is 13.5. The molecular formula is C20H19N3O5. The molecule has 8 heteroatoms. The van der Waals surface area contributed by atoms with E-state index in [0.29, 0.717) is 5.69 Å². The molecule has 1 fully saturated rings. The van der Waals surface area contributed by atoms with Crippen LogP contribution in [0.25, 0.3) is 0 Å². The molecule has 2 aromatic rings. The maximum atomic E-state index is 13.2. The fraction of sp³-hybridized carbons (Fsp3) is 0.250. The number of nitro benzene ring substituents is 1. The van der Waals surface area contributed by atoms with E-state index in [-0.39, 0.29) is 24.1 Å². The zero-order valence-electron chi connectivity index (χ0n) is 15.5. The molecular weight excluding hydrogens is 362 g/mol. The van der Waals surface area contributed by atoms with Gasteiger partial charge in [-0.1, -0.05) is 38.1 Å². The highest BCUT2D eigenvalue weighted by Crippen LogP contribution is 2.41. The van der Waals surface area contributed by atoms with Crippen LogP contribution < -0.4 is 5.01 Å². The number of hydrogen-bond acceptors (Lipinski definition) is 5. The molecule has 1 aliphatic heterocycles. The minimum absolute atomic E-state index is 0.0423. The number of benzene rings is 2. The Bertz CT molecular complexity index is 953. The summed E-state index contributed by atoms with van der Waals surface area (Å²) in [7, 11) is 0. The smallest absolute Gasteiger partial charge is 0.271 e. The van der Waals surface area contributed by atoms with Gasteiger partial charge in [-0.3, -0.25) is 24.5 Å². The van der Waals surface area contributed by atoms with E-state index in [1.54, 1.807) is 44.2 Å². The summed E-state index contributed by atoms with van der Waals surface area (Å²) in [5.41, 5.74) is -1.28. The van der Waals surface area contributed by atoms with Crippen LogP contribution in [0.15, 0.2) is 54.6 Å². The van der Waals surface area contributed by atoms with Crippen molar-refractivity contribution < 1.29 is 19.3 Å². The Morgan fingerprint density at radius 2 is 1.64 bits per heavy atom. The van der Waals surface area contributed by atoms with Crippen molar-refractivity contribution in [3.63, 3.8) is 0 Å². The van der Waals surface area contributed by atoms with Crippen molar-refractivity contribution in [3.8, 4) is 0 Å². The minimum Gasteiger partial charge on any atom is -0.271 e. The Hall–Kier alpha value is -3.55. The Morgan fingerprint density at radius 3 is 2.21 bits per heavy atom. The van der Waals surface area contributed by atoms with Crippen LogP contribution in [0.5, 0.6) is 0 Å². The highest BCUT2D eigenvalue weighted by molar-refractivity contribution is 6.25. The van der Waals surface area contributed by atoms with Gasteiger partial charge in [0.25, 0.3) is 23.4 Å². The van der Waals surface area contributed by atoms with E-state index in [2.05, 4.69) is 0 Å². The number of imide groups is 1. The maximum absolute atomic E-state index is 13.2. The molecule has 0 saturated carbocycles. The molecule has 0 N–H and O–H groups in total. The summed E-state index contributed by atoms with van der Waals surface area (Å²) in [6.07, 6.45) is 0.479. The average molecular weight is 381 g/mol. The maximum Gasteiger partial charge on any atom is 0.280 e. The molecule has 0 spiro atoms. The van der Waals surface area contributed by atoms with Gasteiger partial charge in [0.15, 0.2) is 0 Å². The predicted octanol–water partition coefficient (Wildman–Crippen LogP) is 3.33. The molecule has 0 aromatic heterocycles. The van der Waals surface area contributed by atoms with Crippen molar-refractivity contribution in [2.75, 3.05) is 5.01 Å². The van der Waals surface area contributed by atoms with Gasteiger partial charge in [-0.15, -0.1) is 0 Å². The molecule has 0 bridgehead atoms. The summed E-state index contributed by atoms with van der Waals surface area (Å²) in [5, 5.41) is 12.9. The standard InChI is InChI=1S/C20H19N3O5/c1-3-20(4-2)18(25)21(15-10-6-5-7-11-15)22(19(20)26)17(24)14-9-8-12-16(13-14)23(27)28/h5-13H,3-4H2,1-2H3. The van der Waals surface area contributed by atoms with Gasteiger partial charge in [-0.2, -0.15) is 5.01 Å². The number of nitro groups is 1. The normalized spacial score (nSPS) is 15.8. The Kier molecular flexibility index (Phi) is 4.96. The van der Waals surface area contributed by atoms with Crippen molar-refractivity contribution in [1.29, 1.82) is 0 Å². The van der Waals surface area contributed by atoms with Crippen LogP contribution >= 0.6 is 0 Å². The zero-order valence-corrected chi connectivity index (χ0v) is 15.5. The van der Waals surface area contributed by atoms with Gasteiger partial charge < -0.3 is 0 Å². The molecule has 3 amide bonds. The second kappa shape index (κ2) is 7.22. The first kappa shape index (κ1) is 19.2. The number of nitrogens with zero attached hydrogens (tertiary/aromatic N) is 3. The van der Waals surface area contributed by atoms with Crippen LogP contribution in [0.1, 0.15) is 37.0 Å². The van der Waals surface area contributed by atoms with Crippen LogP contribution in [-0.2, 0) is 9.59 Å². The first-order chi connectivity index (χ1) is 13.4. The Balaban J connectivity index is 2.14. The SMILES string of the molecule is CCC1(CC)C(=O)N(C(=O)c2cccc([N+](=O)[O-])c2)N(c2ccccc2)C1=O. The molecule has 0 radical (unpaired) electrons. The third-order valence-corrected chi connectivity index (χ3v) is 5.11. The lowest BCUT2D eigenvalue weighted by Crippen LogP contribution is -2.45. The number of anilines is 1. The molecule has 28 heavy (non-hydrogen) atoms. The van der Waals surface area contributed by atoms with Crippen molar-refractivity contribution in [1.82, 2.24) is 5.01 Å². The Morgan fingerprint density at radius 1 is 1.00 bits per heavy atom. The van der Waals surface area contributed by atoms with E-state index in [0.717, 1.165) is 16.1 Å². The van der Waals surface area contributed by atoms with Crippen molar-refractivity contribution >= 4 is 29.1 Å². The molecule has 1 aliphatic rings. The van der Waals surface area contributed by atoms with Crippen LogP contribution in [0, 0.1) is 15.5 Å². The van der Waals surface area contributed by atoms with Crippen molar-refractivity contribution in [3.05, 3.63) is 70.3 Å². The topological polar surface area (TPSA) is 101 Å². The lowest BCUT2D eigenvalue weighted by atomic mass is 9.81. The predicted molar refractivity (Wildman–Crippen MR) is 101 cm³/mol. The molecule has 1 saturated heterocycles. The lowest BCUT2D eigenvalue weighted by molar-refractivity contribution is -0.384. The van der Waals surface area contributed by atoms with Gasteiger partial charge >= 0.3 is 0 Å². The zero-order chi connectivity index (χ0) is 20.5. The monoisotopic (exact) mass is 381 g/mol. The summed E-state index contributed by atoms with van der Waals surface area (Å²) in [5.74, 6) is -1.88. The Labute approximate surface area is 161 Å². The van der Waals surface area contributed by atoms with E-state index in [9.17, 15) is 24.5 Å². The van der Waals surface area contributed by atoms with Gasteiger partial charge in [0.2, 0.25) is 0 Å². The number of carbonyl (C=O) groups excluding carboxylic acids is 3. The molecule has 2 aromatic carbocycles. The summed E-state index contributed by atoms with van der Waals surface area (Å²) < 4.78 is 0. The van der Waals surface area contributed by atoms with Crippen LogP contribution in [0.4, 0.5) is 11.4 Å². The molecule has 0 unspecified atom stereocenters. The molecule has 3 rings (SSSR count). The second-order valence-electron chi connectivity index (χ2n) is 6.47. The van der Waals surface area contributed by atoms with Gasteiger partial charge in [-0.25, -0.2) is 5.01 Å². The van der Waals surface area contributed by atoms with Gasteiger partial charge in [0.1, 0.15) is 5.41 Å². The fourth-order valence-corrected chi connectivity index (χ4v) is 3.39.